The summed E-state index contributed by atoms with van der Waals surface area (Å²) in [6.07, 6.45) is 0.786. The molecule has 2 aromatic carbocycles. The Balaban J connectivity index is 1.66. The van der Waals surface area contributed by atoms with Gasteiger partial charge in [-0.05, 0) is 24.3 Å². The summed E-state index contributed by atoms with van der Waals surface area (Å²) in [6.45, 7) is 1.22. The summed E-state index contributed by atoms with van der Waals surface area (Å²) >= 11 is 6.09. The van der Waals surface area contributed by atoms with E-state index >= 15 is 0 Å². The van der Waals surface area contributed by atoms with Crippen LogP contribution in [0.3, 0.4) is 0 Å². The molecular formula is C20H19ClN2O3. The van der Waals surface area contributed by atoms with Crippen LogP contribution < -0.4 is 9.47 Å². The van der Waals surface area contributed by atoms with E-state index < -0.39 is 0 Å². The Bertz CT molecular complexity index is 974. The van der Waals surface area contributed by atoms with E-state index in [1.165, 1.54) is 5.69 Å². The van der Waals surface area contributed by atoms with E-state index in [9.17, 15) is 4.79 Å². The summed E-state index contributed by atoms with van der Waals surface area (Å²) in [5.74, 6) is 1.18. The first-order valence-corrected chi connectivity index (χ1v) is 8.78. The number of ether oxygens (including phenoxy) is 2. The van der Waals surface area contributed by atoms with Crippen molar-refractivity contribution in [2.24, 2.45) is 0 Å². The molecule has 134 valence electrons. The Morgan fingerprint density at radius 2 is 1.85 bits per heavy atom. The molecule has 0 spiro atoms. The first-order valence-electron chi connectivity index (χ1n) is 8.40. The van der Waals surface area contributed by atoms with Crippen LogP contribution in [0.1, 0.15) is 21.6 Å². The highest BCUT2D eigenvalue weighted by molar-refractivity contribution is 6.31. The van der Waals surface area contributed by atoms with Gasteiger partial charge in [0.15, 0.2) is 0 Å². The fourth-order valence-corrected chi connectivity index (χ4v) is 3.65. The second kappa shape index (κ2) is 6.57. The molecule has 0 radical (unpaired) electrons. The maximum atomic E-state index is 13.0. The number of methoxy groups -OCH3 is 2. The van der Waals surface area contributed by atoms with E-state index in [-0.39, 0.29) is 5.91 Å². The number of nitrogens with one attached hydrogen (secondary N) is 1. The molecule has 0 fully saturated rings. The summed E-state index contributed by atoms with van der Waals surface area (Å²) in [7, 11) is 3.15. The fourth-order valence-electron chi connectivity index (χ4n) is 3.48. The number of amides is 1. The number of aromatic amines is 1. The van der Waals surface area contributed by atoms with Crippen molar-refractivity contribution in [1.82, 2.24) is 9.88 Å². The number of benzene rings is 2. The normalized spacial score (nSPS) is 13.6. The molecule has 1 aliphatic rings. The zero-order valence-corrected chi connectivity index (χ0v) is 15.4. The van der Waals surface area contributed by atoms with Crippen LogP contribution in [0.25, 0.3) is 10.9 Å². The van der Waals surface area contributed by atoms with E-state index in [2.05, 4.69) is 4.98 Å². The van der Waals surface area contributed by atoms with Gasteiger partial charge in [0.05, 0.1) is 14.2 Å². The molecule has 1 amide bonds. The third-order valence-electron chi connectivity index (χ3n) is 4.82. The highest BCUT2D eigenvalue weighted by Gasteiger charge is 2.25. The predicted molar refractivity (Wildman–Crippen MR) is 101 cm³/mol. The zero-order chi connectivity index (χ0) is 18.3. The number of carbonyl (C=O) groups is 1. The van der Waals surface area contributed by atoms with E-state index in [0.29, 0.717) is 35.2 Å². The minimum Gasteiger partial charge on any atom is -0.497 e. The lowest BCUT2D eigenvalue weighted by Gasteiger charge is -2.27. The topological polar surface area (TPSA) is 54.6 Å². The maximum Gasteiger partial charge on any atom is 0.254 e. The maximum absolute atomic E-state index is 13.0. The molecule has 26 heavy (non-hydrogen) atoms. The third kappa shape index (κ3) is 2.88. The van der Waals surface area contributed by atoms with Crippen molar-refractivity contribution in [3.05, 3.63) is 58.2 Å². The third-order valence-corrected chi connectivity index (χ3v) is 5.06. The van der Waals surface area contributed by atoms with Crippen LogP contribution in [-0.4, -0.2) is 36.6 Å². The van der Waals surface area contributed by atoms with Gasteiger partial charge < -0.3 is 19.4 Å². The highest BCUT2D eigenvalue weighted by atomic mass is 35.5. The van der Waals surface area contributed by atoms with Crippen molar-refractivity contribution in [1.29, 1.82) is 0 Å². The summed E-state index contributed by atoms with van der Waals surface area (Å²) in [5, 5.41) is 1.82. The predicted octanol–water partition coefficient (Wildman–Crippen LogP) is 4.04. The lowest BCUT2D eigenvalue weighted by molar-refractivity contribution is 0.0734. The van der Waals surface area contributed by atoms with Crippen molar-refractivity contribution >= 4 is 28.4 Å². The molecule has 6 heteroatoms. The number of H-pyrrole nitrogens is 1. The molecular weight excluding hydrogens is 352 g/mol. The van der Waals surface area contributed by atoms with Crippen molar-refractivity contribution in [3.8, 4) is 11.5 Å². The van der Waals surface area contributed by atoms with Gasteiger partial charge >= 0.3 is 0 Å². The van der Waals surface area contributed by atoms with Gasteiger partial charge in [-0.25, -0.2) is 0 Å². The molecule has 0 saturated carbocycles. The number of nitrogens with zero attached hydrogens (tertiary/aromatic N) is 1. The van der Waals surface area contributed by atoms with Crippen LogP contribution in [0.2, 0.25) is 5.02 Å². The highest BCUT2D eigenvalue weighted by Crippen LogP contribution is 2.31. The lowest BCUT2D eigenvalue weighted by Crippen LogP contribution is -2.35. The Hall–Kier alpha value is -2.66. The van der Waals surface area contributed by atoms with Crippen molar-refractivity contribution in [3.63, 3.8) is 0 Å². The van der Waals surface area contributed by atoms with Crippen LogP contribution in [0.4, 0.5) is 0 Å². The minimum absolute atomic E-state index is 0.0313. The second-order valence-corrected chi connectivity index (χ2v) is 6.79. The molecule has 0 aliphatic carbocycles. The molecule has 3 aromatic rings. The largest absolute Gasteiger partial charge is 0.497 e. The average Bonchev–Trinajstić information content (AvgIpc) is 3.03. The van der Waals surface area contributed by atoms with E-state index in [4.69, 9.17) is 21.1 Å². The van der Waals surface area contributed by atoms with Crippen molar-refractivity contribution in [2.75, 3.05) is 20.8 Å². The van der Waals surface area contributed by atoms with Crippen LogP contribution in [0.15, 0.2) is 36.4 Å². The Kier molecular flexibility index (Phi) is 4.24. The van der Waals surface area contributed by atoms with Gasteiger partial charge in [-0.2, -0.15) is 0 Å². The SMILES string of the molecule is COc1cc(OC)cc(C(=O)N2CCc3[nH]c4cc(Cl)ccc4c3C2)c1. The van der Waals surface area contributed by atoms with E-state index in [0.717, 1.165) is 22.9 Å². The van der Waals surface area contributed by atoms with Gasteiger partial charge in [0, 0.05) is 58.3 Å². The molecule has 1 N–H and O–H groups in total. The zero-order valence-electron chi connectivity index (χ0n) is 14.6. The number of rotatable bonds is 3. The molecule has 5 nitrogen and oxygen atoms in total. The first-order chi connectivity index (χ1) is 12.6. The van der Waals surface area contributed by atoms with Crippen LogP contribution in [0, 0.1) is 0 Å². The summed E-state index contributed by atoms with van der Waals surface area (Å²) in [6, 6.07) is 11.1. The number of hydrogen-bond acceptors (Lipinski definition) is 3. The van der Waals surface area contributed by atoms with Crippen LogP contribution in [-0.2, 0) is 13.0 Å². The van der Waals surface area contributed by atoms with E-state index in [1.807, 2.05) is 23.1 Å². The van der Waals surface area contributed by atoms with E-state index in [1.54, 1.807) is 32.4 Å². The van der Waals surface area contributed by atoms with Crippen LogP contribution >= 0.6 is 11.6 Å². The number of carbonyl (C=O) groups excluding carboxylic acids is 1. The second-order valence-electron chi connectivity index (χ2n) is 6.35. The monoisotopic (exact) mass is 370 g/mol. The lowest BCUT2D eigenvalue weighted by atomic mass is 10.0. The van der Waals surface area contributed by atoms with Gasteiger partial charge in [-0.3, -0.25) is 4.79 Å². The molecule has 4 rings (SSSR count). The summed E-state index contributed by atoms with van der Waals surface area (Å²) < 4.78 is 10.6. The van der Waals surface area contributed by atoms with Gasteiger partial charge in [0.2, 0.25) is 0 Å². The molecule has 0 bridgehead atoms. The standard InChI is InChI=1S/C20H19ClN2O3/c1-25-14-7-12(8-15(10-14)26-2)20(24)23-6-5-18-17(11-23)16-4-3-13(21)9-19(16)22-18/h3-4,7-10,22H,5-6,11H2,1-2H3. The fraction of sp³-hybridized carbons (Fsp3) is 0.250. The van der Waals surface area contributed by atoms with Gasteiger partial charge in [-0.15, -0.1) is 0 Å². The van der Waals surface area contributed by atoms with Crippen LogP contribution in [0.5, 0.6) is 11.5 Å². The van der Waals surface area contributed by atoms with Crippen molar-refractivity contribution in [2.45, 2.75) is 13.0 Å². The number of aromatic nitrogens is 1. The molecule has 0 saturated heterocycles. The van der Waals surface area contributed by atoms with Gasteiger partial charge in [0.1, 0.15) is 11.5 Å². The number of hydrogen-bond donors (Lipinski definition) is 1. The minimum atomic E-state index is -0.0313. The molecule has 1 aliphatic heterocycles. The smallest absolute Gasteiger partial charge is 0.254 e. The van der Waals surface area contributed by atoms with Gasteiger partial charge in [0.25, 0.3) is 5.91 Å². The molecule has 0 unspecified atom stereocenters. The Morgan fingerprint density at radius 1 is 1.12 bits per heavy atom. The number of fused-ring (bicyclic) bond motifs is 3. The van der Waals surface area contributed by atoms with Crippen molar-refractivity contribution < 1.29 is 14.3 Å². The molecule has 2 heterocycles. The number of halogens is 1. The molecule has 0 atom stereocenters. The quantitative estimate of drug-likeness (QED) is 0.757. The van der Waals surface area contributed by atoms with Gasteiger partial charge in [-0.1, -0.05) is 17.7 Å². The Morgan fingerprint density at radius 3 is 2.54 bits per heavy atom. The summed E-state index contributed by atoms with van der Waals surface area (Å²) in [5.41, 5.74) is 3.91. The summed E-state index contributed by atoms with van der Waals surface area (Å²) in [4.78, 5) is 18.3. The first kappa shape index (κ1) is 16.8. The Labute approximate surface area is 156 Å². The average molecular weight is 371 g/mol. The molecule has 1 aromatic heterocycles.